The van der Waals surface area contributed by atoms with Gasteiger partial charge < -0.3 is 9.97 Å². The first kappa shape index (κ1) is 8.56. The van der Waals surface area contributed by atoms with Gasteiger partial charge in [-0.1, -0.05) is 11.6 Å². The molecule has 3 rings (SSSR count). The summed E-state index contributed by atoms with van der Waals surface area (Å²) >= 11 is 5.92. The van der Waals surface area contributed by atoms with E-state index in [2.05, 4.69) is 9.97 Å². The molecule has 15 heavy (non-hydrogen) atoms. The standard InChI is InChI=1S/C11H7ClN2O/c12-6-1-2-9-8(5-6)7-3-4-13-11(15)10(7)14-9/h1-5,14H,(H,13,15). The molecule has 0 aliphatic heterocycles. The highest BCUT2D eigenvalue weighted by Gasteiger charge is 2.06. The van der Waals surface area contributed by atoms with Crippen LogP contribution < -0.4 is 5.56 Å². The maximum Gasteiger partial charge on any atom is 0.272 e. The van der Waals surface area contributed by atoms with Crippen molar-refractivity contribution in [1.82, 2.24) is 9.97 Å². The van der Waals surface area contributed by atoms with Crippen LogP contribution in [0, 0.1) is 0 Å². The summed E-state index contributed by atoms with van der Waals surface area (Å²) in [5.41, 5.74) is 1.40. The number of pyridine rings is 1. The van der Waals surface area contributed by atoms with Crippen LogP contribution in [-0.4, -0.2) is 9.97 Å². The minimum absolute atomic E-state index is 0.111. The Hall–Kier alpha value is -1.74. The Balaban J connectivity index is 2.64. The van der Waals surface area contributed by atoms with Crippen LogP contribution in [0.4, 0.5) is 0 Å². The van der Waals surface area contributed by atoms with Crippen molar-refractivity contribution in [3.05, 3.63) is 45.8 Å². The highest BCUT2D eigenvalue weighted by atomic mass is 35.5. The summed E-state index contributed by atoms with van der Waals surface area (Å²) < 4.78 is 0. The summed E-state index contributed by atoms with van der Waals surface area (Å²) in [4.78, 5) is 17.2. The van der Waals surface area contributed by atoms with Crippen molar-refractivity contribution in [3.8, 4) is 0 Å². The van der Waals surface area contributed by atoms with Gasteiger partial charge in [0.1, 0.15) is 5.52 Å². The van der Waals surface area contributed by atoms with Gasteiger partial charge in [0.25, 0.3) is 5.56 Å². The number of nitrogens with one attached hydrogen (secondary N) is 2. The Morgan fingerprint density at radius 3 is 2.87 bits per heavy atom. The quantitative estimate of drug-likeness (QED) is 0.599. The van der Waals surface area contributed by atoms with Crippen LogP contribution in [0.25, 0.3) is 21.8 Å². The molecule has 0 atom stereocenters. The SMILES string of the molecule is O=c1[nH]ccc2c1[nH]c1ccc(Cl)cc12. The molecular weight excluding hydrogens is 212 g/mol. The van der Waals surface area contributed by atoms with Gasteiger partial charge in [-0.2, -0.15) is 0 Å². The largest absolute Gasteiger partial charge is 0.350 e. The molecule has 2 heterocycles. The molecular formula is C11H7ClN2O. The molecule has 0 fully saturated rings. The van der Waals surface area contributed by atoms with Gasteiger partial charge in [-0.25, -0.2) is 0 Å². The molecule has 0 aliphatic rings. The first-order valence-corrected chi connectivity index (χ1v) is 4.92. The Morgan fingerprint density at radius 2 is 2.00 bits per heavy atom. The number of hydrogen-bond acceptors (Lipinski definition) is 1. The summed E-state index contributed by atoms with van der Waals surface area (Å²) in [7, 11) is 0. The highest BCUT2D eigenvalue weighted by Crippen LogP contribution is 2.25. The average molecular weight is 219 g/mol. The van der Waals surface area contributed by atoms with Gasteiger partial charge >= 0.3 is 0 Å². The van der Waals surface area contributed by atoms with Gasteiger partial charge in [0.05, 0.1) is 0 Å². The third-order valence-corrected chi connectivity index (χ3v) is 2.73. The number of fused-ring (bicyclic) bond motifs is 3. The molecule has 0 bridgehead atoms. The zero-order chi connectivity index (χ0) is 10.4. The zero-order valence-electron chi connectivity index (χ0n) is 7.67. The van der Waals surface area contributed by atoms with E-state index in [0.717, 1.165) is 16.3 Å². The maximum atomic E-state index is 11.5. The van der Waals surface area contributed by atoms with Crippen molar-refractivity contribution in [2.24, 2.45) is 0 Å². The number of halogens is 1. The minimum atomic E-state index is -0.111. The fourth-order valence-corrected chi connectivity index (χ4v) is 1.98. The van der Waals surface area contributed by atoms with Crippen molar-refractivity contribution in [2.45, 2.75) is 0 Å². The van der Waals surface area contributed by atoms with Crippen LogP contribution in [0.15, 0.2) is 35.3 Å². The molecule has 0 amide bonds. The number of aromatic amines is 2. The van der Waals surface area contributed by atoms with Gasteiger partial charge in [0.2, 0.25) is 0 Å². The predicted molar refractivity (Wildman–Crippen MR) is 61.4 cm³/mol. The van der Waals surface area contributed by atoms with Gasteiger partial charge in [-0.05, 0) is 24.3 Å². The van der Waals surface area contributed by atoms with E-state index in [4.69, 9.17) is 11.6 Å². The lowest BCUT2D eigenvalue weighted by Gasteiger charge is -1.91. The zero-order valence-corrected chi connectivity index (χ0v) is 8.43. The summed E-state index contributed by atoms with van der Waals surface area (Å²) in [6.07, 6.45) is 1.64. The molecule has 3 aromatic rings. The van der Waals surface area contributed by atoms with Crippen molar-refractivity contribution in [1.29, 1.82) is 0 Å². The van der Waals surface area contributed by atoms with Crippen LogP contribution >= 0.6 is 11.6 Å². The molecule has 0 spiro atoms. The van der Waals surface area contributed by atoms with E-state index in [1.807, 2.05) is 18.2 Å². The van der Waals surface area contributed by atoms with Crippen LogP contribution in [0.3, 0.4) is 0 Å². The van der Waals surface area contributed by atoms with E-state index in [1.54, 1.807) is 12.3 Å². The molecule has 0 saturated carbocycles. The normalized spacial score (nSPS) is 11.3. The average Bonchev–Trinajstić information content (AvgIpc) is 2.58. The smallest absolute Gasteiger partial charge is 0.272 e. The van der Waals surface area contributed by atoms with Crippen molar-refractivity contribution in [3.63, 3.8) is 0 Å². The Bertz CT molecular complexity index is 711. The second-order valence-corrected chi connectivity index (χ2v) is 3.85. The van der Waals surface area contributed by atoms with Crippen LogP contribution in [0.2, 0.25) is 5.02 Å². The number of rotatable bonds is 0. The summed E-state index contributed by atoms with van der Waals surface area (Å²) in [6.45, 7) is 0. The third-order valence-electron chi connectivity index (χ3n) is 2.49. The highest BCUT2D eigenvalue weighted by molar-refractivity contribution is 6.31. The van der Waals surface area contributed by atoms with Crippen LogP contribution in [0.1, 0.15) is 0 Å². The lowest BCUT2D eigenvalue weighted by molar-refractivity contribution is 1.26. The number of hydrogen-bond donors (Lipinski definition) is 2. The van der Waals surface area contributed by atoms with E-state index in [0.29, 0.717) is 10.5 Å². The summed E-state index contributed by atoms with van der Waals surface area (Å²) in [6, 6.07) is 7.39. The number of H-pyrrole nitrogens is 2. The molecule has 1 aromatic carbocycles. The summed E-state index contributed by atoms with van der Waals surface area (Å²) in [5, 5.41) is 2.54. The number of aromatic nitrogens is 2. The molecule has 3 nitrogen and oxygen atoms in total. The lowest BCUT2D eigenvalue weighted by Crippen LogP contribution is -2.03. The van der Waals surface area contributed by atoms with E-state index >= 15 is 0 Å². The number of benzene rings is 1. The summed E-state index contributed by atoms with van der Waals surface area (Å²) in [5.74, 6) is 0. The maximum absolute atomic E-state index is 11.5. The lowest BCUT2D eigenvalue weighted by atomic mass is 10.2. The molecule has 0 radical (unpaired) electrons. The molecule has 2 N–H and O–H groups in total. The first-order valence-electron chi connectivity index (χ1n) is 4.54. The molecule has 2 aromatic heterocycles. The second-order valence-electron chi connectivity index (χ2n) is 3.41. The van der Waals surface area contributed by atoms with Crippen molar-refractivity contribution in [2.75, 3.05) is 0 Å². The van der Waals surface area contributed by atoms with Crippen molar-refractivity contribution >= 4 is 33.4 Å². The Kier molecular flexibility index (Phi) is 1.64. The molecule has 74 valence electrons. The molecule has 0 unspecified atom stereocenters. The van der Waals surface area contributed by atoms with Crippen LogP contribution in [-0.2, 0) is 0 Å². The topological polar surface area (TPSA) is 48.6 Å². The monoisotopic (exact) mass is 218 g/mol. The van der Waals surface area contributed by atoms with Gasteiger partial charge in [0, 0.05) is 27.5 Å². The van der Waals surface area contributed by atoms with E-state index in [1.165, 1.54) is 0 Å². The second kappa shape index (κ2) is 2.87. The van der Waals surface area contributed by atoms with E-state index < -0.39 is 0 Å². The van der Waals surface area contributed by atoms with Gasteiger partial charge in [0.15, 0.2) is 0 Å². The van der Waals surface area contributed by atoms with Gasteiger partial charge in [-0.15, -0.1) is 0 Å². The molecule has 0 aliphatic carbocycles. The van der Waals surface area contributed by atoms with E-state index in [-0.39, 0.29) is 5.56 Å². The molecule has 0 saturated heterocycles. The minimum Gasteiger partial charge on any atom is -0.350 e. The predicted octanol–water partition coefficient (Wildman–Crippen LogP) is 2.66. The van der Waals surface area contributed by atoms with Crippen LogP contribution in [0.5, 0.6) is 0 Å². The fourth-order valence-electron chi connectivity index (χ4n) is 1.81. The fraction of sp³-hybridized carbons (Fsp3) is 0. The van der Waals surface area contributed by atoms with E-state index in [9.17, 15) is 4.79 Å². The van der Waals surface area contributed by atoms with Gasteiger partial charge in [-0.3, -0.25) is 4.79 Å². The Morgan fingerprint density at radius 1 is 1.13 bits per heavy atom. The molecule has 4 heteroatoms. The van der Waals surface area contributed by atoms with Crippen molar-refractivity contribution < 1.29 is 0 Å². The third kappa shape index (κ3) is 1.17. The Labute approximate surface area is 89.7 Å². The first-order chi connectivity index (χ1) is 7.25.